The lowest BCUT2D eigenvalue weighted by molar-refractivity contribution is -0.172. The molecule has 0 bridgehead atoms. The Morgan fingerprint density at radius 2 is 1.86 bits per heavy atom. The van der Waals surface area contributed by atoms with E-state index in [0.717, 1.165) is 5.56 Å². The van der Waals surface area contributed by atoms with Gasteiger partial charge in [0.1, 0.15) is 17.7 Å². The van der Waals surface area contributed by atoms with E-state index < -0.39 is 46.4 Å². The van der Waals surface area contributed by atoms with Gasteiger partial charge in [0.25, 0.3) is 0 Å². The molecular weight excluding hydrogens is 472 g/mol. The molecule has 0 spiro atoms. The maximum absolute atomic E-state index is 13.3. The monoisotopic (exact) mass is 508 g/mol. The van der Waals surface area contributed by atoms with E-state index in [-0.39, 0.29) is 36.6 Å². The molecule has 0 aromatic heterocycles. The van der Waals surface area contributed by atoms with E-state index in [1.54, 1.807) is 13.0 Å². The zero-order chi connectivity index (χ0) is 27.0. The highest BCUT2D eigenvalue weighted by atomic mass is 16.5. The Balaban J connectivity index is 1.69. The molecular formula is C30H36O7. The van der Waals surface area contributed by atoms with E-state index in [2.05, 4.69) is 0 Å². The minimum absolute atomic E-state index is 0.00494. The molecule has 1 aromatic carbocycles. The van der Waals surface area contributed by atoms with Crippen LogP contribution in [0.1, 0.15) is 64.9 Å². The molecule has 0 radical (unpaired) electrons. The average Bonchev–Trinajstić information content (AvgIpc) is 3.16. The number of aliphatic hydroxyl groups excluding tert-OH is 1. The van der Waals surface area contributed by atoms with Crippen LogP contribution in [0.2, 0.25) is 0 Å². The van der Waals surface area contributed by atoms with Crippen molar-refractivity contribution in [3.05, 3.63) is 54.1 Å². The first-order valence-electron chi connectivity index (χ1n) is 13.0. The van der Waals surface area contributed by atoms with Crippen LogP contribution in [-0.4, -0.2) is 51.3 Å². The molecule has 2 N–H and O–H groups in total. The number of esters is 1. The zero-order valence-corrected chi connectivity index (χ0v) is 21.7. The number of carbonyl (C=O) groups excluding carboxylic acids is 4. The topological polar surface area (TPSA) is 118 Å². The molecule has 1 aromatic rings. The Morgan fingerprint density at radius 3 is 2.54 bits per heavy atom. The Morgan fingerprint density at radius 1 is 1.16 bits per heavy atom. The molecule has 2 saturated carbocycles. The summed E-state index contributed by atoms with van der Waals surface area (Å²) in [6.45, 7) is 4.92. The number of fused-ring (bicyclic) bond motifs is 1. The minimum atomic E-state index is -1.41. The molecule has 0 amide bonds. The molecule has 4 rings (SSSR count). The minimum Gasteiger partial charge on any atom is -0.458 e. The van der Waals surface area contributed by atoms with Crippen LogP contribution < -0.4 is 0 Å². The van der Waals surface area contributed by atoms with Crippen molar-refractivity contribution >= 4 is 29.4 Å². The first-order valence-corrected chi connectivity index (χ1v) is 13.0. The molecule has 0 saturated heterocycles. The van der Waals surface area contributed by atoms with Gasteiger partial charge in [0, 0.05) is 36.2 Å². The highest BCUT2D eigenvalue weighted by Crippen LogP contribution is 2.56. The third-order valence-electron chi connectivity index (χ3n) is 9.23. The van der Waals surface area contributed by atoms with E-state index in [4.69, 9.17) is 4.74 Å². The molecule has 37 heavy (non-hydrogen) atoms. The predicted molar refractivity (Wildman–Crippen MR) is 137 cm³/mol. The molecule has 7 atom stereocenters. The number of benzene rings is 1. The van der Waals surface area contributed by atoms with Crippen molar-refractivity contribution in [1.82, 2.24) is 0 Å². The van der Waals surface area contributed by atoms with Crippen LogP contribution >= 0.6 is 0 Å². The third-order valence-corrected chi connectivity index (χ3v) is 9.23. The lowest BCUT2D eigenvalue weighted by Crippen LogP contribution is -2.59. The fourth-order valence-corrected chi connectivity index (χ4v) is 6.74. The highest BCUT2D eigenvalue weighted by molar-refractivity contribution is 5.97. The van der Waals surface area contributed by atoms with Gasteiger partial charge in [-0.25, -0.2) is 4.79 Å². The maximum Gasteiger partial charge on any atom is 0.331 e. The van der Waals surface area contributed by atoms with Gasteiger partial charge in [-0.1, -0.05) is 37.3 Å². The third kappa shape index (κ3) is 4.87. The zero-order valence-electron chi connectivity index (χ0n) is 21.7. The van der Waals surface area contributed by atoms with Crippen molar-refractivity contribution in [2.75, 3.05) is 0 Å². The smallest absolute Gasteiger partial charge is 0.331 e. The fourth-order valence-electron chi connectivity index (χ4n) is 6.74. The standard InChI is InChI=1S/C30H36O7/c1-19(31)22-10-11-25(34)29(22,3)26(37-27(35)12-9-20-7-5-4-6-8-20)17-23-24(33)14-16-30(36)18-21(32)13-15-28(23,30)2/h4-9,12,14,16,21-23,26,32,36H,10-11,13,15,17-18H2,1-3H3/b12-9+/t21-,22+,23-,26+,28+,29-,30-/m0/s1. The summed E-state index contributed by atoms with van der Waals surface area (Å²) in [7, 11) is 0. The number of hydrogen-bond donors (Lipinski definition) is 2. The van der Waals surface area contributed by atoms with Crippen LogP contribution in [0, 0.1) is 22.7 Å². The first-order chi connectivity index (χ1) is 17.4. The lowest BCUT2D eigenvalue weighted by Gasteiger charge is -2.54. The van der Waals surface area contributed by atoms with Gasteiger partial charge < -0.3 is 14.9 Å². The van der Waals surface area contributed by atoms with Crippen LogP contribution in [0.15, 0.2) is 48.6 Å². The molecule has 198 valence electrons. The Labute approximate surface area is 217 Å². The molecule has 3 aliphatic carbocycles. The fraction of sp³-hybridized carbons (Fsp3) is 0.533. The Bertz CT molecular complexity index is 1140. The number of aliphatic hydroxyl groups is 2. The van der Waals surface area contributed by atoms with Gasteiger partial charge in [-0.05, 0) is 63.3 Å². The SMILES string of the molecule is CC(=O)[C@H]1CCC(=O)[C@@]1(C)[C@@H](C[C@H]1C(=O)C=C[C@]2(O)C[C@@H](O)CC[C@]12C)OC(=O)/C=C/c1ccccc1. The van der Waals surface area contributed by atoms with E-state index >= 15 is 0 Å². The molecule has 0 heterocycles. The molecule has 0 aliphatic heterocycles. The number of hydrogen-bond acceptors (Lipinski definition) is 7. The highest BCUT2D eigenvalue weighted by Gasteiger charge is 2.61. The summed E-state index contributed by atoms with van der Waals surface area (Å²) in [6, 6.07) is 9.22. The van der Waals surface area contributed by atoms with E-state index in [0.29, 0.717) is 19.3 Å². The summed E-state index contributed by atoms with van der Waals surface area (Å²) in [6.07, 6.45) is 5.43. The number of carbonyl (C=O) groups is 4. The molecule has 3 aliphatic rings. The molecule has 0 unspecified atom stereocenters. The largest absolute Gasteiger partial charge is 0.458 e. The molecule has 7 heteroatoms. The number of allylic oxidation sites excluding steroid dienone is 1. The first kappa shape index (κ1) is 27.1. The summed E-state index contributed by atoms with van der Waals surface area (Å²) in [5.41, 5.74) is -2.82. The summed E-state index contributed by atoms with van der Waals surface area (Å²) < 4.78 is 5.93. The van der Waals surface area contributed by atoms with Gasteiger partial charge in [-0.15, -0.1) is 0 Å². The van der Waals surface area contributed by atoms with Crippen molar-refractivity contribution in [3.8, 4) is 0 Å². The van der Waals surface area contributed by atoms with Gasteiger partial charge in [0.2, 0.25) is 0 Å². The summed E-state index contributed by atoms with van der Waals surface area (Å²) >= 11 is 0. The van der Waals surface area contributed by atoms with Crippen molar-refractivity contribution in [2.45, 2.75) is 77.1 Å². The van der Waals surface area contributed by atoms with Gasteiger partial charge in [-0.3, -0.25) is 14.4 Å². The van der Waals surface area contributed by atoms with Crippen molar-refractivity contribution in [3.63, 3.8) is 0 Å². The lowest BCUT2D eigenvalue weighted by atomic mass is 9.52. The molecule has 2 fully saturated rings. The number of ether oxygens (including phenoxy) is 1. The number of ketones is 3. The second-order valence-electron chi connectivity index (χ2n) is 11.3. The summed E-state index contributed by atoms with van der Waals surface area (Å²) in [5.74, 6) is -2.62. The summed E-state index contributed by atoms with van der Waals surface area (Å²) in [4.78, 5) is 52.1. The number of Topliss-reactive ketones (excluding diaryl/α,β-unsaturated/α-hetero) is 2. The summed E-state index contributed by atoms with van der Waals surface area (Å²) in [5, 5.41) is 21.7. The second-order valence-corrected chi connectivity index (χ2v) is 11.3. The second kappa shape index (κ2) is 10.1. The average molecular weight is 509 g/mol. The van der Waals surface area contributed by atoms with Crippen LogP contribution in [0.4, 0.5) is 0 Å². The molecule has 7 nitrogen and oxygen atoms in total. The van der Waals surface area contributed by atoms with E-state index in [1.165, 1.54) is 25.2 Å². The van der Waals surface area contributed by atoms with E-state index in [1.807, 2.05) is 37.3 Å². The van der Waals surface area contributed by atoms with Gasteiger partial charge >= 0.3 is 5.97 Å². The Kier molecular flexibility index (Phi) is 7.41. The van der Waals surface area contributed by atoms with E-state index in [9.17, 15) is 29.4 Å². The maximum atomic E-state index is 13.3. The normalized spacial score (nSPS) is 36.4. The number of rotatable bonds is 7. The van der Waals surface area contributed by atoms with Crippen LogP contribution in [0.25, 0.3) is 6.08 Å². The predicted octanol–water partition coefficient (Wildman–Crippen LogP) is 3.61. The van der Waals surface area contributed by atoms with Crippen LogP contribution in [0.3, 0.4) is 0 Å². The van der Waals surface area contributed by atoms with Crippen molar-refractivity contribution in [1.29, 1.82) is 0 Å². The van der Waals surface area contributed by atoms with Crippen molar-refractivity contribution < 1.29 is 34.1 Å². The quantitative estimate of drug-likeness (QED) is 0.427. The Hall–Kier alpha value is -2.90. The van der Waals surface area contributed by atoms with Crippen LogP contribution in [-0.2, 0) is 23.9 Å². The van der Waals surface area contributed by atoms with Crippen LogP contribution in [0.5, 0.6) is 0 Å². The van der Waals surface area contributed by atoms with Gasteiger partial charge in [0.15, 0.2) is 5.78 Å². The van der Waals surface area contributed by atoms with Gasteiger partial charge in [-0.2, -0.15) is 0 Å². The van der Waals surface area contributed by atoms with Crippen molar-refractivity contribution in [2.24, 2.45) is 22.7 Å². The van der Waals surface area contributed by atoms with Gasteiger partial charge in [0.05, 0.1) is 17.1 Å².